The molecule has 0 aliphatic heterocycles. The Morgan fingerprint density at radius 1 is 1.18 bits per heavy atom. The first-order valence-corrected chi connectivity index (χ1v) is 11.4. The standard InChI is InChI=1S/C21H25F3N6O2S/c1-3-12-33-20-28-17(25-9-11-32-2)16-13-27-30(18(16)29-20)10-8-26-19(31)14-4-6-15(7-5-14)21(22,23)24/h4-7,13H,3,8-12H2,1-2H3,(H,26,31)(H,25,28,29). The van der Waals surface area contributed by atoms with Crippen LogP contribution >= 0.6 is 11.8 Å². The fourth-order valence-corrected chi connectivity index (χ4v) is 3.64. The first-order valence-electron chi connectivity index (χ1n) is 10.4. The third kappa shape index (κ3) is 6.57. The van der Waals surface area contributed by atoms with Crippen LogP contribution in [0.15, 0.2) is 35.6 Å². The van der Waals surface area contributed by atoms with E-state index in [1.807, 2.05) is 0 Å². The summed E-state index contributed by atoms with van der Waals surface area (Å²) in [6, 6.07) is 4.09. The highest BCUT2D eigenvalue weighted by molar-refractivity contribution is 7.99. The number of aromatic nitrogens is 4. The zero-order valence-electron chi connectivity index (χ0n) is 18.3. The Labute approximate surface area is 193 Å². The van der Waals surface area contributed by atoms with Crippen LogP contribution in [0.5, 0.6) is 0 Å². The van der Waals surface area contributed by atoms with E-state index in [2.05, 4.69) is 32.6 Å². The van der Waals surface area contributed by atoms with Crippen LogP contribution in [0.1, 0.15) is 29.3 Å². The van der Waals surface area contributed by atoms with Crippen molar-refractivity contribution in [3.05, 3.63) is 41.6 Å². The smallest absolute Gasteiger partial charge is 0.383 e. The van der Waals surface area contributed by atoms with Crippen LogP contribution in [-0.4, -0.2) is 58.2 Å². The number of nitrogens with zero attached hydrogens (tertiary/aromatic N) is 4. The van der Waals surface area contributed by atoms with E-state index in [0.29, 0.717) is 36.3 Å². The van der Waals surface area contributed by atoms with Gasteiger partial charge < -0.3 is 15.4 Å². The van der Waals surface area contributed by atoms with Crippen molar-refractivity contribution in [2.75, 3.05) is 37.9 Å². The van der Waals surface area contributed by atoms with Crippen molar-refractivity contribution in [3.8, 4) is 0 Å². The number of methoxy groups -OCH3 is 1. The summed E-state index contributed by atoms with van der Waals surface area (Å²) in [6.07, 6.45) is -1.80. The lowest BCUT2D eigenvalue weighted by molar-refractivity contribution is -0.137. The summed E-state index contributed by atoms with van der Waals surface area (Å²) in [5.41, 5.74) is -0.0146. The van der Waals surface area contributed by atoms with Gasteiger partial charge in [-0.25, -0.2) is 14.6 Å². The molecule has 3 aromatic rings. The van der Waals surface area contributed by atoms with E-state index in [1.165, 1.54) is 0 Å². The van der Waals surface area contributed by atoms with Gasteiger partial charge in [-0.3, -0.25) is 4.79 Å². The van der Waals surface area contributed by atoms with Gasteiger partial charge in [0, 0.05) is 31.5 Å². The van der Waals surface area contributed by atoms with Crippen molar-refractivity contribution in [2.24, 2.45) is 0 Å². The van der Waals surface area contributed by atoms with Gasteiger partial charge in [0.05, 0.1) is 30.3 Å². The number of amides is 1. The molecule has 3 rings (SSSR count). The minimum Gasteiger partial charge on any atom is -0.383 e. The van der Waals surface area contributed by atoms with E-state index in [9.17, 15) is 18.0 Å². The molecule has 0 spiro atoms. The molecule has 0 bridgehead atoms. The maximum Gasteiger partial charge on any atom is 0.416 e. The number of hydrogen-bond acceptors (Lipinski definition) is 7. The number of nitrogens with one attached hydrogen (secondary N) is 2. The summed E-state index contributed by atoms with van der Waals surface area (Å²) in [4.78, 5) is 21.5. The number of anilines is 1. The Balaban J connectivity index is 1.69. The zero-order valence-corrected chi connectivity index (χ0v) is 19.1. The van der Waals surface area contributed by atoms with E-state index in [0.717, 1.165) is 41.8 Å². The molecule has 2 heterocycles. The Morgan fingerprint density at radius 3 is 2.61 bits per heavy atom. The average Bonchev–Trinajstić information content (AvgIpc) is 3.20. The maximum atomic E-state index is 12.7. The first kappa shape index (κ1) is 24.8. The molecule has 2 N–H and O–H groups in total. The van der Waals surface area contributed by atoms with Crippen LogP contribution in [0, 0.1) is 0 Å². The third-order valence-corrected chi connectivity index (χ3v) is 5.65. The lowest BCUT2D eigenvalue weighted by atomic mass is 10.1. The van der Waals surface area contributed by atoms with Gasteiger partial charge in [0.15, 0.2) is 10.8 Å². The molecule has 8 nitrogen and oxygen atoms in total. The quantitative estimate of drug-likeness (QED) is 0.244. The molecule has 12 heteroatoms. The van der Waals surface area contributed by atoms with Gasteiger partial charge in [0.1, 0.15) is 5.82 Å². The number of halogens is 3. The van der Waals surface area contributed by atoms with Crippen molar-refractivity contribution in [1.29, 1.82) is 0 Å². The van der Waals surface area contributed by atoms with Crippen molar-refractivity contribution < 1.29 is 22.7 Å². The highest BCUT2D eigenvalue weighted by Crippen LogP contribution is 2.29. The number of hydrogen-bond donors (Lipinski definition) is 2. The topological polar surface area (TPSA) is 94.0 Å². The van der Waals surface area contributed by atoms with Gasteiger partial charge in [-0.05, 0) is 30.7 Å². The normalized spacial score (nSPS) is 11.7. The fraction of sp³-hybridized carbons (Fsp3) is 0.429. The van der Waals surface area contributed by atoms with Crippen LogP contribution in [0.3, 0.4) is 0 Å². The number of carbonyl (C=O) groups is 1. The monoisotopic (exact) mass is 482 g/mol. The molecule has 1 aromatic carbocycles. The molecule has 1 amide bonds. The van der Waals surface area contributed by atoms with E-state index in [-0.39, 0.29) is 12.1 Å². The summed E-state index contributed by atoms with van der Waals surface area (Å²) in [5, 5.41) is 11.7. The molecule has 0 fully saturated rings. The molecule has 0 atom stereocenters. The molecule has 33 heavy (non-hydrogen) atoms. The van der Waals surface area contributed by atoms with Gasteiger partial charge in [-0.2, -0.15) is 18.3 Å². The number of carbonyl (C=O) groups excluding carboxylic acids is 1. The average molecular weight is 483 g/mol. The van der Waals surface area contributed by atoms with Crippen LogP contribution in [0.4, 0.5) is 19.0 Å². The summed E-state index contributed by atoms with van der Waals surface area (Å²) in [5.74, 6) is 1.08. The number of alkyl halides is 3. The Kier molecular flexibility index (Phi) is 8.50. The molecule has 178 valence electrons. The molecular formula is C21H25F3N6O2S. The number of ether oxygens (including phenoxy) is 1. The highest BCUT2D eigenvalue weighted by Gasteiger charge is 2.30. The molecule has 0 aliphatic rings. The van der Waals surface area contributed by atoms with E-state index >= 15 is 0 Å². The van der Waals surface area contributed by atoms with Gasteiger partial charge in [-0.15, -0.1) is 0 Å². The zero-order chi connectivity index (χ0) is 23.8. The van der Waals surface area contributed by atoms with Crippen LogP contribution in [0.2, 0.25) is 0 Å². The second-order valence-corrected chi connectivity index (χ2v) is 8.12. The van der Waals surface area contributed by atoms with Crippen molar-refractivity contribution in [3.63, 3.8) is 0 Å². The number of benzene rings is 1. The molecule has 0 saturated heterocycles. The number of thioether (sulfide) groups is 1. The largest absolute Gasteiger partial charge is 0.416 e. The molecule has 0 aliphatic carbocycles. The van der Waals surface area contributed by atoms with E-state index < -0.39 is 17.6 Å². The fourth-order valence-electron chi connectivity index (χ4n) is 2.95. The van der Waals surface area contributed by atoms with E-state index in [1.54, 1.807) is 29.8 Å². The molecule has 0 saturated carbocycles. The molecule has 0 unspecified atom stereocenters. The SMILES string of the molecule is CCCSc1nc(NCCOC)c2cnn(CCNC(=O)c3ccc(C(F)(F)F)cc3)c2n1. The third-order valence-electron chi connectivity index (χ3n) is 4.59. The van der Waals surface area contributed by atoms with Gasteiger partial charge in [0.2, 0.25) is 0 Å². The van der Waals surface area contributed by atoms with Crippen molar-refractivity contribution >= 4 is 34.5 Å². The molecule has 0 radical (unpaired) electrons. The second kappa shape index (κ2) is 11.3. The minimum atomic E-state index is -4.44. The predicted molar refractivity (Wildman–Crippen MR) is 120 cm³/mol. The number of fused-ring (bicyclic) bond motifs is 1. The van der Waals surface area contributed by atoms with Crippen LogP contribution in [-0.2, 0) is 17.5 Å². The molecular weight excluding hydrogens is 457 g/mol. The van der Waals surface area contributed by atoms with Crippen LogP contribution < -0.4 is 10.6 Å². The van der Waals surface area contributed by atoms with Gasteiger partial charge in [0.25, 0.3) is 5.91 Å². The Bertz CT molecular complexity index is 1070. The second-order valence-electron chi connectivity index (χ2n) is 7.06. The molecule has 2 aromatic heterocycles. The van der Waals surface area contributed by atoms with Gasteiger partial charge in [-0.1, -0.05) is 18.7 Å². The predicted octanol–water partition coefficient (Wildman–Crippen LogP) is 3.84. The first-order chi connectivity index (χ1) is 15.8. The lowest BCUT2D eigenvalue weighted by Gasteiger charge is -2.10. The highest BCUT2D eigenvalue weighted by atomic mass is 32.2. The maximum absolute atomic E-state index is 12.7. The summed E-state index contributed by atoms with van der Waals surface area (Å²) in [7, 11) is 1.62. The Hall–Kier alpha value is -2.86. The van der Waals surface area contributed by atoms with Crippen LogP contribution in [0.25, 0.3) is 11.0 Å². The minimum absolute atomic E-state index is 0.151. The lowest BCUT2D eigenvalue weighted by Crippen LogP contribution is -2.27. The summed E-state index contributed by atoms with van der Waals surface area (Å²) >= 11 is 1.55. The summed E-state index contributed by atoms with van der Waals surface area (Å²) < 4.78 is 44.8. The van der Waals surface area contributed by atoms with Gasteiger partial charge >= 0.3 is 6.18 Å². The van der Waals surface area contributed by atoms with Crippen molar-refractivity contribution in [2.45, 2.75) is 31.2 Å². The van der Waals surface area contributed by atoms with Crippen molar-refractivity contribution in [1.82, 2.24) is 25.1 Å². The van der Waals surface area contributed by atoms with E-state index in [4.69, 9.17) is 4.74 Å². The summed E-state index contributed by atoms with van der Waals surface area (Å²) in [6.45, 7) is 3.74. The number of rotatable bonds is 11. The Morgan fingerprint density at radius 2 is 1.94 bits per heavy atom.